The molecule has 2 atom stereocenters. The molecule has 3 aromatic rings. The van der Waals surface area contributed by atoms with Crippen LogP contribution in [0.1, 0.15) is 31.8 Å². The molecule has 6 nitrogen and oxygen atoms in total. The van der Waals surface area contributed by atoms with Crippen LogP contribution in [0.15, 0.2) is 72.8 Å². The lowest BCUT2D eigenvalue weighted by atomic mass is 9.97. The van der Waals surface area contributed by atoms with Gasteiger partial charge in [0.05, 0.1) is 5.56 Å². The highest BCUT2D eigenvalue weighted by molar-refractivity contribution is 7.75. The molecule has 0 radical (unpaired) electrons. The molecular formula is C23H18O6S. The van der Waals surface area contributed by atoms with Crippen LogP contribution >= 0.6 is 0 Å². The Bertz CT molecular complexity index is 1140. The highest BCUT2D eigenvalue weighted by Gasteiger charge is 2.58. The molecule has 1 aliphatic rings. The summed E-state index contributed by atoms with van der Waals surface area (Å²) < 4.78 is 29.1. The van der Waals surface area contributed by atoms with Crippen LogP contribution in [0.2, 0.25) is 0 Å². The molecule has 152 valence electrons. The molecule has 1 aliphatic heterocycles. The summed E-state index contributed by atoms with van der Waals surface area (Å²) in [5.41, 5.74) is 2.19. The monoisotopic (exact) mass is 422 g/mol. The number of rotatable bonds is 6. The van der Waals surface area contributed by atoms with Gasteiger partial charge in [0.25, 0.3) is 0 Å². The van der Waals surface area contributed by atoms with E-state index in [1.807, 2.05) is 13.8 Å². The highest BCUT2D eigenvalue weighted by atomic mass is 32.2. The third kappa shape index (κ3) is 3.65. The molecule has 0 aromatic heterocycles. The van der Waals surface area contributed by atoms with Crippen LogP contribution in [0.25, 0.3) is 0 Å². The van der Waals surface area contributed by atoms with E-state index in [2.05, 4.69) is 0 Å². The number of hydrogen-bond acceptors (Lipinski definition) is 6. The highest BCUT2D eigenvalue weighted by Crippen LogP contribution is 2.39. The summed E-state index contributed by atoms with van der Waals surface area (Å²) in [7, 11) is 0. The molecule has 30 heavy (non-hydrogen) atoms. The Kier molecular flexibility index (Phi) is 5.24. The van der Waals surface area contributed by atoms with Crippen LogP contribution in [-0.4, -0.2) is 21.6 Å². The minimum Gasteiger partial charge on any atom is -0.447 e. The van der Waals surface area contributed by atoms with Crippen molar-refractivity contribution in [2.45, 2.75) is 19.6 Å². The fraction of sp³-hybridized carbons (Fsp3) is 0.130. The van der Waals surface area contributed by atoms with Gasteiger partial charge in [-0.25, -0.2) is 0 Å². The molecule has 0 aliphatic carbocycles. The zero-order chi connectivity index (χ0) is 21.3. The first-order chi connectivity index (χ1) is 14.4. The number of fused-ring (bicyclic) bond motifs is 1. The maximum absolute atomic E-state index is 13.3. The van der Waals surface area contributed by atoms with Gasteiger partial charge < -0.3 is 8.92 Å². The molecule has 7 heteroatoms. The molecular weight excluding hydrogens is 404 g/mol. The molecule has 0 saturated heterocycles. The topological polar surface area (TPSA) is 78.9 Å². The number of ketones is 2. The Labute approximate surface area is 176 Å². The first-order valence-electron chi connectivity index (χ1n) is 9.19. The van der Waals surface area contributed by atoms with E-state index >= 15 is 0 Å². The number of benzene rings is 3. The Morgan fingerprint density at radius 1 is 0.933 bits per heavy atom. The lowest BCUT2D eigenvalue weighted by Crippen LogP contribution is -2.51. The van der Waals surface area contributed by atoms with E-state index < -0.39 is 28.7 Å². The molecule has 0 N–H and O–H groups in total. The van der Waals surface area contributed by atoms with Crippen molar-refractivity contribution >= 4 is 22.9 Å². The first-order valence-corrected chi connectivity index (χ1v) is 10.2. The molecule has 0 saturated carbocycles. The lowest BCUT2D eigenvalue weighted by molar-refractivity contribution is -0.0414. The summed E-state index contributed by atoms with van der Waals surface area (Å²) in [6.07, 6.45) is 0. The average Bonchev–Trinajstić information content (AvgIpc) is 3.01. The number of carbonyl (C=O) groups excluding carboxylic acids is 2. The van der Waals surface area contributed by atoms with Crippen LogP contribution in [0.3, 0.4) is 0 Å². The van der Waals surface area contributed by atoms with Gasteiger partial charge in [-0.3, -0.25) is 9.59 Å². The van der Waals surface area contributed by atoms with Crippen LogP contribution in [0.5, 0.6) is 11.5 Å². The number of hydrogen-bond donors (Lipinski definition) is 0. The van der Waals surface area contributed by atoms with Gasteiger partial charge in [0.1, 0.15) is 11.5 Å². The maximum Gasteiger partial charge on any atom is 0.364 e. The van der Waals surface area contributed by atoms with Crippen LogP contribution in [-0.2, 0) is 15.5 Å². The van der Waals surface area contributed by atoms with E-state index in [0.29, 0.717) is 0 Å². The summed E-state index contributed by atoms with van der Waals surface area (Å²) in [6, 6.07) is 19.8. The molecule has 1 heterocycles. The predicted octanol–water partition coefficient (Wildman–Crippen LogP) is 4.13. The maximum atomic E-state index is 13.3. The van der Waals surface area contributed by atoms with E-state index in [9.17, 15) is 13.8 Å². The van der Waals surface area contributed by atoms with Gasteiger partial charge in [0, 0.05) is 5.56 Å². The van der Waals surface area contributed by atoms with Gasteiger partial charge >= 0.3 is 17.1 Å². The Morgan fingerprint density at radius 2 is 1.60 bits per heavy atom. The van der Waals surface area contributed by atoms with Gasteiger partial charge in [-0.1, -0.05) is 54.1 Å². The minimum atomic E-state index is -2.48. The number of Topliss-reactive ketones (excluding diaryl/α,β-unsaturated/α-hetero) is 2. The van der Waals surface area contributed by atoms with Crippen molar-refractivity contribution in [3.8, 4) is 11.5 Å². The van der Waals surface area contributed by atoms with E-state index in [-0.39, 0.29) is 22.6 Å². The van der Waals surface area contributed by atoms with Crippen LogP contribution in [0.4, 0.5) is 0 Å². The van der Waals surface area contributed by atoms with Gasteiger partial charge in [-0.15, -0.1) is 0 Å². The Balaban J connectivity index is 1.70. The van der Waals surface area contributed by atoms with Gasteiger partial charge in [0.2, 0.25) is 11.6 Å². The van der Waals surface area contributed by atoms with E-state index in [4.69, 9.17) is 13.1 Å². The molecule has 0 spiro atoms. The normalized spacial score (nSPS) is 18.4. The van der Waals surface area contributed by atoms with Gasteiger partial charge in [0.15, 0.2) is 0 Å². The number of ether oxygens (including phenoxy) is 1. The number of aryl methyl sites for hydroxylation is 2. The van der Waals surface area contributed by atoms with E-state index in [0.717, 1.165) is 11.1 Å². The molecule has 0 fully saturated rings. The van der Waals surface area contributed by atoms with Crippen molar-refractivity contribution in [3.05, 3.63) is 95.1 Å². The fourth-order valence-corrected chi connectivity index (χ4v) is 3.77. The van der Waals surface area contributed by atoms with Crippen molar-refractivity contribution in [1.29, 1.82) is 0 Å². The second-order valence-electron chi connectivity index (χ2n) is 6.93. The van der Waals surface area contributed by atoms with Gasteiger partial charge in [-0.05, 0) is 43.7 Å². The van der Waals surface area contributed by atoms with Gasteiger partial charge in [-0.2, -0.15) is 8.39 Å². The smallest absolute Gasteiger partial charge is 0.364 e. The molecule has 4 rings (SSSR count). The van der Waals surface area contributed by atoms with Crippen molar-refractivity contribution in [2.24, 2.45) is 0 Å². The summed E-state index contributed by atoms with van der Waals surface area (Å²) in [4.78, 5) is 26.5. The summed E-state index contributed by atoms with van der Waals surface area (Å²) >= 11 is -2.48. The Hall–Kier alpha value is -3.29. The molecule has 3 aromatic carbocycles. The summed E-state index contributed by atoms with van der Waals surface area (Å²) in [5, 5.41) is 0. The molecule has 2 unspecified atom stereocenters. The molecule has 0 bridgehead atoms. The Morgan fingerprint density at radius 3 is 2.30 bits per heavy atom. The van der Waals surface area contributed by atoms with Crippen molar-refractivity contribution in [3.63, 3.8) is 0 Å². The fourth-order valence-electron chi connectivity index (χ4n) is 3.09. The van der Waals surface area contributed by atoms with Crippen LogP contribution in [0, 0.1) is 13.8 Å². The average molecular weight is 422 g/mol. The molecule has 0 amide bonds. The van der Waals surface area contributed by atoms with Crippen LogP contribution < -0.4 is 8.92 Å². The standard InChI is InChI=1S/C23H18O6S/c1-15-8-11-18(12-9-15)28-30(26)29-23(21(24)17-6-4-3-5-7-17)22(25)19-13-10-16(2)14-20(19)27-23/h3-14H,1-2H3. The van der Waals surface area contributed by atoms with Crippen molar-refractivity contribution in [1.82, 2.24) is 0 Å². The summed E-state index contributed by atoms with van der Waals surface area (Å²) in [6.45, 7) is 3.72. The van der Waals surface area contributed by atoms with E-state index in [1.165, 1.54) is 12.1 Å². The third-order valence-electron chi connectivity index (χ3n) is 4.64. The lowest BCUT2D eigenvalue weighted by Gasteiger charge is -2.24. The summed E-state index contributed by atoms with van der Waals surface area (Å²) in [5.74, 6) is -3.47. The second-order valence-corrected chi connectivity index (χ2v) is 7.67. The quantitative estimate of drug-likeness (QED) is 0.439. The SMILES string of the molecule is Cc1ccc(OS(=O)OC2(C(=O)c3ccccc3)Oc3cc(C)ccc3C2=O)cc1. The minimum absolute atomic E-state index is 0.178. The number of carbonyl (C=O) groups is 2. The van der Waals surface area contributed by atoms with E-state index in [1.54, 1.807) is 60.7 Å². The predicted molar refractivity (Wildman–Crippen MR) is 111 cm³/mol. The van der Waals surface area contributed by atoms with Crippen molar-refractivity contribution < 1.29 is 26.9 Å². The zero-order valence-electron chi connectivity index (χ0n) is 16.3. The largest absolute Gasteiger partial charge is 0.447 e. The zero-order valence-corrected chi connectivity index (χ0v) is 17.1. The van der Waals surface area contributed by atoms with Crippen molar-refractivity contribution in [2.75, 3.05) is 0 Å². The first kappa shape index (κ1) is 20.0. The second kappa shape index (κ2) is 7.85. The third-order valence-corrected chi connectivity index (χ3v) is 5.34.